The smallest absolute Gasteiger partial charge is 0.428 e. The number of rotatable bonds is 3. The molecular weight excluding hydrogens is 464 g/mol. The van der Waals surface area contributed by atoms with Gasteiger partial charge in [0, 0.05) is 6.07 Å². The number of benzene rings is 2. The zero-order chi connectivity index (χ0) is 21.4. The lowest BCUT2D eigenvalue weighted by Crippen LogP contribution is -2.51. The maximum Gasteiger partial charge on any atom is 0.468 e. The van der Waals surface area contributed by atoms with Crippen molar-refractivity contribution in [2.24, 2.45) is 4.99 Å². The van der Waals surface area contributed by atoms with Gasteiger partial charge < -0.3 is 14.2 Å². The number of hydrogen-bond donors (Lipinski definition) is 0. The van der Waals surface area contributed by atoms with Crippen LogP contribution < -0.4 is 14.2 Å². The summed E-state index contributed by atoms with van der Waals surface area (Å²) in [6.07, 6.45) is -5.24. The number of fused-ring (bicyclic) bond motifs is 1. The Morgan fingerprint density at radius 2 is 1.55 bits per heavy atom. The van der Waals surface area contributed by atoms with Crippen LogP contribution in [0.4, 0.5) is 18.9 Å². The summed E-state index contributed by atoms with van der Waals surface area (Å²) in [6, 6.07) is 10.1. The van der Waals surface area contributed by atoms with Crippen molar-refractivity contribution in [1.82, 2.24) is 0 Å². The van der Waals surface area contributed by atoms with Gasteiger partial charge in [0.1, 0.15) is 0 Å². The average Bonchev–Trinajstić information content (AvgIpc) is 3.00. The number of alkyl halides is 6. The SMILES string of the molecule is O=[N+]([O-])c1ccccc1O/C(=N\C1(C(Cl)(Cl)Cl)Oc2ccccc2O1)C(F)(F)F. The second-order valence-electron chi connectivity index (χ2n) is 5.47. The Labute approximate surface area is 175 Å². The molecule has 1 aliphatic rings. The van der Waals surface area contributed by atoms with Crippen molar-refractivity contribution in [3.05, 3.63) is 58.6 Å². The Hall–Kier alpha value is -2.43. The second kappa shape index (κ2) is 7.43. The predicted octanol–water partition coefficient (Wildman–Crippen LogP) is 5.43. The number of nitrogens with zero attached hydrogens (tertiary/aromatic N) is 2. The van der Waals surface area contributed by atoms with Crippen LogP contribution in [0.25, 0.3) is 0 Å². The number of nitro benzene ring substituents is 1. The van der Waals surface area contributed by atoms with Gasteiger partial charge in [-0.1, -0.05) is 59.1 Å². The van der Waals surface area contributed by atoms with E-state index in [1.807, 2.05) is 0 Å². The molecule has 0 N–H and O–H groups in total. The van der Waals surface area contributed by atoms with Gasteiger partial charge in [-0.25, -0.2) is 0 Å². The average molecular weight is 472 g/mol. The van der Waals surface area contributed by atoms with E-state index in [2.05, 4.69) is 4.99 Å². The molecule has 0 radical (unpaired) electrons. The Balaban J connectivity index is 2.10. The maximum absolute atomic E-state index is 13.6. The van der Waals surface area contributed by atoms with Gasteiger partial charge in [0.2, 0.25) is 5.75 Å². The molecule has 0 atom stereocenters. The molecule has 1 heterocycles. The molecular formula is C16H8Cl3F3N2O5. The third kappa shape index (κ3) is 4.29. The van der Waals surface area contributed by atoms with Crippen molar-refractivity contribution in [2.75, 3.05) is 0 Å². The fraction of sp³-hybridized carbons (Fsp3) is 0.188. The first-order valence-corrected chi connectivity index (χ1v) is 8.68. The molecule has 0 aromatic heterocycles. The molecule has 0 aliphatic carbocycles. The van der Waals surface area contributed by atoms with Gasteiger partial charge in [0.25, 0.3) is 3.79 Å². The topological polar surface area (TPSA) is 83.2 Å². The van der Waals surface area contributed by atoms with E-state index in [-0.39, 0.29) is 11.5 Å². The van der Waals surface area contributed by atoms with Gasteiger partial charge >= 0.3 is 23.7 Å². The largest absolute Gasteiger partial charge is 0.468 e. The fourth-order valence-corrected chi connectivity index (χ4v) is 2.60. The highest BCUT2D eigenvalue weighted by molar-refractivity contribution is 6.68. The quantitative estimate of drug-likeness (QED) is 0.196. The Morgan fingerprint density at radius 1 is 1.03 bits per heavy atom. The molecule has 0 spiro atoms. The summed E-state index contributed by atoms with van der Waals surface area (Å²) in [5, 5.41) is 11.1. The molecule has 29 heavy (non-hydrogen) atoms. The van der Waals surface area contributed by atoms with E-state index in [1.165, 1.54) is 36.4 Å². The minimum Gasteiger partial charge on any atom is -0.428 e. The van der Waals surface area contributed by atoms with Crippen molar-refractivity contribution in [3.63, 3.8) is 0 Å². The molecule has 7 nitrogen and oxygen atoms in total. The first kappa shape index (κ1) is 21.3. The van der Waals surface area contributed by atoms with Crippen LogP contribution in [0, 0.1) is 10.1 Å². The summed E-state index contributed by atoms with van der Waals surface area (Å²) in [5.41, 5.74) is -0.732. The highest BCUT2D eigenvalue weighted by atomic mass is 35.6. The van der Waals surface area contributed by atoms with Gasteiger partial charge in [-0.3, -0.25) is 10.1 Å². The number of halogens is 6. The van der Waals surface area contributed by atoms with Gasteiger partial charge in [0.05, 0.1) is 4.92 Å². The van der Waals surface area contributed by atoms with Crippen molar-refractivity contribution < 1.29 is 32.3 Å². The lowest BCUT2D eigenvalue weighted by atomic mass is 10.3. The number of para-hydroxylation sites is 4. The van der Waals surface area contributed by atoms with Crippen LogP contribution >= 0.6 is 34.8 Å². The monoisotopic (exact) mass is 470 g/mol. The second-order valence-corrected chi connectivity index (χ2v) is 7.75. The normalized spacial score (nSPS) is 15.9. The number of aliphatic imine (C=N–C) groups is 1. The molecule has 3 rings (SSSR count). The minimum atomic E-state index is -5.24. The maximum atomic E-state index is 13.6. The van der Waals surface area contributed by atoms with Crippen LogP contribution in [-0.4, -0.2) is 26.7 Å². The Bertz CT molecular complexity index is 954. The van der Waals surface area contributed by atoms with Gasteiger partial charge in [-0.2, -0.15) is 18.2 Å². The summed E-state index contributed by atoms with van der Waals surface area (Å²) in [6.45, 7) is 0. The summed E-state index contributed by atoms with van der Waals surface area (Å²) in [4.78, 5) is 13.4. The van der Waals surface area contributed by atoms with Crippen LogP contribution in [0.2, 0.25) is 0 Å². The highest BCUT2D eigenvalue weighted by Gasteiger charge is 2.61. The van der Waals surface area contributed by atoms with Crippen LogP contribution in [0.15, 0.2) is 53.5 Å². The van der Waals surface area contributed by atoms with Crippen LogP contribution in [0.3, 0.4) is 0 Å². The summed E-state index contributed by atoms with van der Waals surface area (Å²) in [5.74, 6) is -5.57. The molecule has 154 valence electrons. The first-order chi connectivity index (χ1) is 13.4. The van der Waals surface area contributed by atoms with Crippen molar-refractivity contribution >= 4 is 46.4 Å². The number of nitro groups is 1. The van der Waals surface area contributed by atoms with Crippen molar-refractivity contribution in [3.8, 4) is 17.2 Å². The molecule has 0 amide bonds. The molecule has 0 bridgehead atoms. The van der Waals surface area contributed by atoms with E-state index in [9.17, 15) is 23.3 Å². The van der Waals surface area contributed by atoms with Crippen LogP contribution in [0.1, 0.15) is 0 Å². The summed E-state index contributed by atoms with van der Waals surface area (Å²) >= 11 is 17.4. The third-order valence-corrected chi connectivity index (χ3v) is 4.18. The van der Waals surface area contributed by atoms with Crippen LogP contribution in [-0.2, 0) is 0 Å². The van der Waals surface area contributed by atoms with Crippen molar-refractivity contribution in [1.29, 1.82) is 0 Å². The molecule has 1 aliphatic heterocycles. The van der Waals surface area contributed by atoms with E-state index in [1.54, 1.807) is 0 Å². The molecule has 0 fully saturated rings. The molecule has 0 saturated carbocycles. The van der Waals surface area contributed by atoms with E-state index in [0.29, 0.717) is 0 Å². The molecule has 2 aromatic rings. The summed E-state index contributed by atoms with van der Waals surface area (Å²) in [7, 11) is 0. The first-order valence-electron chi connectivity index (χ1n) is 7.55. The predicted molar refractivity (Wildman–Crippen MR) is 97.9 cm³/mol. The third-order valence-electron chi connectivity index (χ3n) is 3.46. The zero-order valence-corrected chi connectivity index (χ0v) is 16.1. The fourth-order valence-electron chi connectivity index (χ4n) is 2.24. The molecule has 2 aromatic carbocycles. The van der Waals surface area contributed by atoms with Gasteiger partial charge in [0.15, 0.2) is 11.5 Å². The van der Waals surface area contributed by atoms with Crippen LogP contribution in [0.5, 0.6) is 17.2 Å². The minimum absolute atomic E-state index is 0.0326. The van der Waals surface area contributed by atoms with E-state index < -0.39 is 38.1 Å². The molecule has 0 saturated heterocycles. The van der Waals surface area contributed by atoms with E-state index in [4.69, 9.17) is 49.0 Å². The molecule has 0 unspecified atom stereocenters. The van der Waals surface area contributed by atoms with Gasteiger partial charge in [-0.15, -0.1) is 0 Å². The lowest BCUT2D eigenvalue weighted by Gasteiger charge is -2.30. The van der Waals surface area contributed by atoms with Crippen molar-refractivity contribution in [2.45, 2.75) is 15.9 Å². The summed E-state index contributed by atoms with van der Waals surface area (Å²) < 4.78 is 53.5. The van der Waals surface area contributed by atoms with E-state index >= 15 is 0 Å². The lowest BCUT2D eigenvalue weighted by molar-refractivity contribution is -0.385. The van der Waals surface area contributed by atoms with Gasteiger partial charge in [-0.05, 0) is 18.2 Å². The Kier molecular flexibility index (Phi) is 5.46. The highest BCUT2D eigenvalue weighted by Crippen LogP contribution is 2.51. The molecule has 13 heteroatoms. The standard InChI is InChI=1S/C16H8Cl3F3N2O5/c17-15(18,19)16(28-11-7-3-4-8-12(11)29-16)23-13(14(20,21)22)27-10-6-2-1-5-9(10)24(25)26/h1-8H/b23-13-. The number of ether oxygens (including phenoxy) is 3. The number of hydrogen-bond acceptors (Lipinski definition) is 6. The Morgan fingerprint density at radius 3 is 2.03 bits per heavy atom. The van der Waals surface area contributed by atoms with E-state index in [0.717, 1.165) is 12.1 Å². The zero-order valence-electron chi connectivity index (χ0n) is 13.8.